The molecule has 0 aromatic rings. The molecule has 2 N–H and O–H groups in total. The highest BCUT2D eigenvalue weighted by atomic mass is 16.6. The third-order valence-electron chi connectivity index (χ3n) is 9.93. The molecule has 0 saturated heterocycles. The van der Waals surface area contributed by atoms with Gasteiger partial charge in [0, 0.05) is 30.6 Å². The van der Waals surface area contributed by atoms with Gasteiger partial charge in [-0.2, -0.15) is 0 Å². The summed E-state index contributed by atoms with van der Waals surface area (Å²) in [5.74, 6) is -1.91. The van der Waals surface area contributed by atoms with Gasteiger partial charge < -0.3 is 19.7 Å². The second-order valence-electron chi connectivity index (χ2n) is 12.4. The molecule has 35 heavy (non-hydrogen) atoms. The molecule has 0 aromatic carbocycles. The van der Waals surface area contributed by atoms with Gasteiger partial charge in [0.2, 0.25) is 0 Å². The number of carbonyl (C=O) groups is 3. The standard InChI is InChI=1S/C28H42O7/c1-15(2)13-22(32)35-25-24(34-17(4)30)23-21(8-7-18-14-19(31)9-11-26(18,23)5)28(33)12-10-20(16(3)29)27(25,28)6/h7,15,19-21,23-25,31,33H,8-14H2,1-6H3/t19?,20?,21-,23+,24?,25?,26+,27+,28+/m1/s1. The van der Waals surface area contributed by atoms with Crippen molar-refractivity contribution in [1.29, 1.82) is 0 Å². The molecule has 0 bridgehead atoms. The van der Waals surface area contributed by atoms with Crippen molar-refractivity contribution in [3.8, 4) is 0 Å². The molecule has 0 aliphatic heterocycles. The minimum absolute atomic E-state index is 0.0487. The Kier molecular flexibility index (Phi) is 6.76. The van der Waals surface area contributed by atoms with Crippen molar-refractivity contribution in [1.82, 2.24) is 0 Å². The fraction of sp³-hybridized carbons (Fsp3) is 0.821. The lowest BCUT2D eigenvalue weighted by Gasteiger charge is -2.64. The maximum Gasteiger partial charge on any atom is 0.306 e. The van der Waals surface area contributed by atoms with Gasteiger partial charge in [0.1, 0.15) is 18.0 Å². The second kappa shape index (κ2) is 8.98. The fourth-order valence-electron chi connectivity index (χ4n) is 8.32. The lowest BCUT2D eigenvalue weighted by Crippen LogP contribution is -2.72. The molecule has 0 amide bonds. The van der Waals surface area contributed by atoms with E-state index >= 15 is 0 Å². The first-order valence-electron chi connectivity index (χ1n) is 13.2. The highest BCUT2D eigenvalue weighted by Gasteiger charge is 2.75. The molecule has 4 aliphatic carbocycles. The van der Waals surface area contributed by atoms with Crippen molar-refractivity contribution < 1.29 is 34.1 Å². The number of aliphatic hydroxyl groups is 2. The molecule has 7 nitrogen and oxygen atoms in total. The zero-order valence-electron chi connectivity index (χ0n) is 22.0. The first-order chi connectivity index (χ1) is 16.3. The quantitative estimate of drug-likeness (QED) is 0.446. The maximum atomic E-state index is 13.1. The van der Waals surface area contributed by atoms with Crippen LogP contribution >= 0.6 is 0 Å². The molecule has 4 unspecified atom stereocenters. The third-order valence-corrected chi connectivity index (χ3v) is 9.93. The minimum Gasteiger partial charge on any atom is -0.458 e. The average molecular weight is 491 g/mol. The first-order valence-corrected chi connectivity index (χ1v) is 13.2. The smallest absolute Gasteiger partial charge is 0.306 e. The first kappa shape index (κ1) is 26.3. The van der Waals surface area contributed by atoms with Gasteiger partial charge in [-0.05, 0) is 62.7 Å². The van der Waals surface area contributed by atoms with E-state index in [4.69, 9.17) is 9.47 Å². The van der Waals surface area contributed by atoms with Crippen molar-refractivity contribution in [2.45, 2.75) is 110 Å². The summed E-state index contributed by atoms with van der Waals surface area (Å²) in [6, 6.07) is 0. The molecule has 3 saturated carbocycles. The summed E-state index contributed by atoms with van der Waals surface area (Å²) >= 11 is 0. The monoisotopic (exact) mass is 490 g/mol. The lowest BCUT2D eigenvalue weighted by molar-refractivity contribution is -0.274. The van der Waals surface area contributed by atoms with Crippen molar-refractivity contribution in [2.75, 3.05) is 0 Å². The molecular weight excluding hydrogens is 448 g/mol. The van der Waals surface area contributed by atoms with Crippen LogP contribution in [0.3, 0.4) is 0 Å². The Balaban J connectivity index is 1.90. The van der Waals surface area contributed by atoms with Gasteiger partial charge in [-0.15, -0.1) is 0 Å². The maximum absolute atomic E-state index is 13.1. The van der Waals surface area contributed by atoms with Crippen LogP contribution in [0.15, 0.2) is 11.6 Å². The van der Waals surface area contributed by atoms with Crippen LogP contribution in [0.4, 0.5) is 0 Å². The summed E-state index contributed by atoms with van der Waals surface area (Å²) < 4.78 is 12.2. The molecule has 4 rings (SSSR count). The van der Waals surface area contributed by atoms with Gasteiger partial charge in [0.25, 0.3) is 0 Å². The fourth-order valence-corrected chi connectivity index (χ4v) is 8.32. The second-order valence-corrected chi connectivity index (χ2v) is 12.4. The Bertz CT molecular complexity index is 924. The number of aliphatic hydroxyl groups excluding tert-OH is 1. The molecule has 0 radical (unpaired) electrons. The molecule has 4 aliphatic rings. The summed E-state index contributed by atoms with van der Waals surface area (Å²) in [6.07, 6.45) is 3.57. The van der Waals surface area contributed by atoms with Gasteiger partial charge in [-0.3, -0.25) is 14.4 Å². The third kappa shape index (κ3) is 3.97. The number of esters is 2. The zero-order valence-corrected chi connectivity index (χ0v) is 22.0. The topological polar surface area (TPSA) is 110 Å². The van der Waals surface area contributed by atoms with Crippen LogP contribution in [0.2, 0.25) is 0 Å². The molecular formula is C28H42O7. The molecule has 7 heteroatoms. The van der Waals surface area contributed by atoms with E-state index in [0.717, 1.165) is 5.57 Å². The van der Waals surface area contributed by atoms with Crippen molar-refractivity contribution in [2.24, 2.45) is 34.5 Å². The summed E-state index contributed by atoms with van der Waals surface area (Å²) in [5, 5.41) is 22.9. The predicted molar refractivity (Wildman–Crippen MR) is 129 cm³/mol. The van der Waals surface area contributed by atoms with Crippen molar-refractivity contribution >= 4 is 17.7 Å². The lowest BCUT2D eigenvalue weighted by atomic mass is 9.44. The van der Waals surface area contributed by atoms with Crippen LogP contribution < -0.4 is 0 Å². The Labute approximate surface area is 208 Å². The van der Waals surface area contributed by atoms with Crippen LogP contribution in [0.25, 0.3) is 0 Å². The molecule has 0 heterocycles. The summed E-state index contributed by atoms with van der Waals surface area (Å²) in [7, 11) is 0. The normalized spacial score (nSPS) is 44.5. The van der Waals surface area contributed by atoms with Gasteiger partial charge in [0.05, 0.1) is 11.7 Å². The largest absolute Gasteiger partial charge is 0.458 e. The van der Waals surface area contributed by atoms with Gasteiger partial charge in [-0.1, -0.05) is 39.3 Å². The van der Waals surface area contributed by atoms with Gasteiger partial charge >= 0.3 is 11.9 Å². The van der Waals surface area contributed by atoms with E-state index in [2.05, 4.69) is 13.0 Å². The van der Waals surface area contributed by atoms with E-state index in [9.17, 15) is 24.6 Å². The molecule has 9 atom stereocenters. The van der Waals surface area contributed by atoms with E-state index in [1.807, 2.05) is 20.8 Å². The van der Waals surface area contributed by atoms with E-state index in [0.29, 0.717) is 38.5 Å². The van der Waals surface area contributed by atoms with Crippen molar-refractivity contribution in [3.63, 3.8) is 0 Å². The Morgan fingerprint density at radius 3 is 2.40 bits per heavy atom. The number of allylic oxidation sites excluding steroid dienone is 1. The highest BCUT2D eigenvalue weighted by molar-refractivity contribution is 5.80. The summed E-state index contributed by atoms with van der Waals surface area (Å²) in [6.45, 7) is 10.7. The highest BCUT2D eigenvalue weighted by Crippen LogP contribution is 2.69. The van der Waals surface area contributed by atoms with Crippen LogP contribution in [-0.4, -0.2) is 51.8 Å². The number of rotatable bonds is 5. The Morgan fingerprint density at radius 1 is 1.11 bits per heavy atom. The number of hydrogen-bond donors (Lipinski definition) is 2. The number of carbonyl (C=O) groups excluding carboxylic acids is 3. The van der Waals surface area contributed by atoms with Crippen LogP contribution in [0.1, 0.15) is 86.5 Å². The SMILES string of the molecule is CC(=O)OC1C(OC(=O)CC(C)C)[C@]2(C)C(C(C)=O)CC[C@]2(O)[C@@H]2CC=C3CC(O)CC[C@]3(C)[C@H]12. The molecule has 0 aromatic heterocycles. The van der Waals surface area contributed by atoms with E-state index < -0.39 is 52.6 Å². The number of fused-ring (bicyclic) bond motifs is 5. The van der Waals surface area contributed by atoms with Crippen molar-refractivity contribution in [3.05, 3.63) is 11.6 Å². The van der Waals surface area contributed by atoms with Gasteiger partial charge in [-0.25, -0.2) is 0 Å². The Morgan fingerprint density at radius 2 is 1.80 bits per heavy atom. The Hall–Kier alpha value is -1.73. The summed E-state index contributed by atoms with van der Waals surface area (Å²) in [4.78, 5) is 38.4. The molecule has 196 valence electrons. The van der Waals surface area contributed by atoms with E-state index in [1.165, 1.54) is 13.8 Å². The number of ether oxygens (including phenoxy) is 2. The summed E-state index contributed by atoms with van der Waals surface area (Å²) in [5.41, 5.74) is -1.64. The minimum atomic E-state index is -1.26. The van der Waals surface area contributed by atoms with Gasteiger partial charge in [0.15, 0.2) is 0 Å². The number of ketones is 1. The molecule has 0 spiro atoms. The molecule has 3 fully saturated rings. The number of Topliss-reactive ketones (excluding diaryl/α,β-unsaturated/α-hetero) is 1. The van der Waals surface area contributed by atoms with Crippen LogP contribution in [-0.2, 0) is 23.9 Å². The van der Waals surface area contributed by atoms with E-state index in [1.54, 1.807) is 0 Å². The van der Waals surface area contributed by atoms with Crippen LogP contribution in [0.5, 0.6) is 0 Å². The zero-order chi connectivity index (χ0) is 25.9. The number of hydrogen-bond acceptors (Lipinski definition) is 7. The van der Waals surface area contributed by atoms with E-state index in [-0.39, 0.29) is 30.0 Å². The predicted octanol–water partition coefficient (Wildman–Crippen LogP) is 3.74. The van der Waals surface area contributed by atoms with Crippen LogP contribution in [0, 0.1) is 34.5 Å². The average Bonchev–Trinajstić information content (AvgIpc) is 3.02.